The molecule has 2 atom stereocenters. The van der Waals surface area contributed by atoms with Crippen molar-refractivity contribution in [3.63, 3.8) is 0 Å². The molecular weight excluding hydrogens is 236 g/mol. The molecular formula is C17H16O2. The minimum absolute atomic E-state index is 0.249. The van der Waals surface area contributed by atoms with Crippen molar-refractivity contribution in [1.29, 1.82) is 0 Å². The van der Waals surface area contributed by atoms with Crippen LogP contribution >= 0.6 is 0 Å². The average Bonchev–Trinajstić information content (AvgIpc) is 2.92. The number of rotatable bonds is 1. The van der Waals surface area contributed by atoms with Crippen LogP contribution in [0, 0.1) is 0 Å². The SMILES string of the molecule is c1ccc(-c2ccc3c(c2)O[C@H]2CCC[C@@H]2O3)cc1. The lowest BCUT2D eigenvalue weighted by Crippen LogP contribution is -2.34. The fourth-order valence-corrected chi connectivity index (χ4v) is 3.00. The van der Waals surface area contributed by atoms with Crippen LogP contribution in [0.5, 0.6) is 11.5 Å². The molecule has 2 aromatic rings. The minimum atomic E-state index is 0.249. The van der Waals surface area contributed by atoms with Crippen LogP contribution in [0.25, 0.3) is 11.1 Å². The predicted molar refractivity (Wildman–Crippen MR) is 74.6 cm³/mol. The molecule has 0 saturated heterocycles. The van der Waals surface area contributed by atoms with Crippen molar-refractivity contribution in [2.24, 2.45) is 0 Å². The first-order valence-corrected chi connectivity index (χ1v) is 6.93. The van der Waals surface area contributed by atoms with Gasteiger partial charge in [-0.1, -0.05) is 36.4 Å². The highest BCUT2D eigenvalue weighted by atomic mass is 16.6. The number of benzene rings is 2. The monoisotopic (exact) mass is 252 g/mol. The first kappa shape index (κ1) is 10.9. The Balaban J connectivity index is 1.71. The highest BCUT2D eigenvalue weighted by Crippen LogP contribution is 2.41. The summed E-state index contributed by atoms with van der Waals surface area (Å²) in [6.07, 6.45) is 3.94. The van der Waals surface area contributed by atoms with Crippen LogP contribution in [0.3, 0.4) is 0 Å². The Labute approximate surface area is 113 Å². The van der Waals surface area contributed by atoms with E-state index in [1.807, 2.05) is 12.1 Å². The third-order valence-corrected chi connectivity index (χ3v) is 4.00. The van der Waals surface area contributed by atoms with Gasteiger partial charge in [-0.3, -0.25) is 0 Å². The molecule has 2 aliphatic rings. The number of hydrogen-bond acceptors (Lipinski definition) is 2. The first-order chi connectivity index (χ1) is 9.40. The molecule has 1 saturated carbocycles. The summed E-state index contributed by atoms with van der Waals surface area (Å²) >= 11 is 0. The Hall–Kier alpha value is -1.96. The molecule has 0 bridgehead atoms. The summed E-state index contributed by atoms with van der Waals surface area (Å²) in [4.78, 5) is 0. The molecule has 0 unspecified atom stereocenters. The third-order valence-electron chi connectivity index (χ3n) is 4.00. The number of hydrogen-bond donors (Lipinski definition) is 0. The summed E-state index contributed by atoms with van der Waals surface area (Å²) in [5, 5.41) is 0. The zero-order valence-electron chi connectivity index (χ0n) is 10.7. The van der Waals surface area contributed by atoms with Gasteiger partial charge in [0.25, 0.3) is 0 Å². The molecule has 1 heterocycles. The molecule has 0 amide bonds. The van der Waals surface area contributed by atoms with E-state index in [-0.39, 0.29) is 12.2 Å². The van der Waals surface area contributed by atoms with E-state index in [2.05, 4.69) is 36.4 Å². The van der Waals surface area contributed by atoms with Gasteiger partial charge in [0.2, 0.25) is 0 Å². The highest BCUT2D eigenvalue weighted by molar-refractivity contribution is 5.67. The van der Waals surface area contributed by atoms with E-state index in [4.69, 9.17) is 9.47 Å². The molecule has 2 heteroatoms. The summed E-state index contributed by atoms with van der Waals surface area (Å²) < 4.78 is 12.1. The van der Waals surface area contributed by atoms with Crippen molar-refractivity contribution >= 4 is 0 Å². The summed E-state index contributed by atoms with van der Waals surface area (Å²) in [7, 11) is 0. The molecule has 1 aliphatic carbocycles. The second kappa shape index (κ2) is 4.30. The maximum absolute atomic E-state index is 6.09. The van der Waals surface area contributed by atoms with E-state index >= 15 is 0 Å². The van der Waals surface area contributed by atoms with E-state index in [0.29, 0.717) is 0 Å². The van der Waals surface area contributed by atoms with Gasteiger partial charge in [0.1, 0.15) is 12.2 Å². The Morgan fingerprint density at radius 2 is 1.47 bits per heavy atom. The van der Waals surface area contributed by atoms with Crippen LogP contribution in [0.15, 0.2) is 48.5 Å². The zero-order chi connectivity index (χ0) is 12.7. The second-order valence-electron chi connectivity index (χ2n) is 5.27. The second-order valence-corrected chi connectivity index (χ2v) is 5.27. The van der Waals surface area contributed by atoms with Gasteiger partial charge in [-0.05, 0) is 42.5 Å². The normalized spacial score (nSPS) is 24.0. The molecule has 0 N–H and O–H groups in total. The smallest absolute Gasteiger partial charge is 0.162 e. The molecule has 4 rings (SSSR count). The van der Waals surface area contributed by atoms with Crippen molar-refractivity contribution < 1.29 is 9.47 Å². The van der Waals surface area contributed by atoms with Crippen LogP contribution < -0.4 is 9.47 Å². The largest absolute Gasteiger partial charge is 0.483 e. The van der Waals surface area contributed by atoms with Crippen LogP contribution in [0.4, 0.5) is 0 Å². The lowest BCUT2D eigenvalue weighted by molar-refractivity contribution is 0.0430. The molecule has 1 aliphatic heterocycles. The van der Waals surface area contributed by atoms with Gasteiger partial charge in [0.05, 0.1) is 0 Å². The number of fused-ring (bicyclic) bond motifs is 2. The van der Waals surface area contributed by atoms with Crippen LogP contribution in [-0.2, 0) is 0 Å². The van der Waals surface area contributed by atoms with Crippen molar-refractivity contribution in [1.82, 2.24) is 0 Å². The summed E-state index contributed by atoms with van der Waals surface area (Å²) in [5.41, 5.74) is 2.39. The van der Waals surface area contributed by atoms with Crippen molar-refractivity contribution in [3.8, 4) is 22.6 Å². The van der Waals surface area contributed by atoms with Gasteiger partial charge in [0.15, 0.2) is 11.5 Å². The van der Waals surface area contributed by atoms with Crippen molar-refractivity contribution in [2.75, 3.05) is 0 Å². The van der Waals surface area contributed by atoms with Gasteiger partial charge in [0, 0.05) is 0 Å². The Morgan fingerprint density at radius 1 is 0.737 bits per heavy atom. The van der Waals surface area contributed by atoms with Gasteiger partial charge < -0.3 is 9.47 Å². The van der Waals surface area contributed by atoms with Crippen LogP contribution in [-0.4, -0.2) is 12.2 Å². The van der Waals surface area contributed by atoms with Gasteiger partial charge >= 0.3 is 0 Å². The molecule has 1 fully saturated rings. The molecule has 0 radical (unpaired) electrons. The molecule has 96 valence electrons. The maximum atomic E-state index is 6.09. The molecule has 2 nitrogen and oxygen atoms in total. The van der Waals surface area contributed by atoms with Crippen molar-refractivity contribution in [2.45, 2.75) is 31.5 Å². The topological polar surface area (TPSA) is 18.5 Å². The van der Waals surface area contributed by atoms with E-state index in [9.17, 15) is 0 Å². The quantitative estimate of drug-likeness (QED) is 0.762. The van der Waals surface area contributed by atoms with Crippen LogP contribution in [0.2, 0.25) is 0 Å². The van der Waals surface area contributed by atoms with E-state index in [1.165, 1.54) is 17.5 Å². The summed E-state index contributed by atoms with van der Waals surface area (Å²) in [6, 6.07) is 16.6. The zero-order valence-corrected chi connectivity index (χ0v) is 10.7. The molecule has 0 aromatic heterocycles. The fourth-order valence-electron chi connectivity index (χ4n) is 3.00. The number of ether oxygens (including phenoxy) is 2. The standard InChI is InChI=1S/C17H16O2/c1-2-5-12(6-3-1)13-9-10-16-17(11-13)19-15-8-4-7-14(15)18-16/h1-3,5-6,9-11,14-15H,4,7-8H2/t14-,15-/m0/s1. The van der Waals surface area contributed by atoms with Crippen molar-refractivity contribution in [3.05, 3.63) is 48.5 Å². The maximum Gasteiger partial charge on any atom is 0.162 e. The lowest BCUT2D eigenvalue weighted by Gasteiger charge is -2.29. The molecule has 2 aromatic carbocycles. The Bertz CT molecular complexity index is 591. The first-order valence-electron chi connectivity index (χ1n) is 6.93. The van der Waals surface area contributed by atoms with Crippen LogP contribution in [0.1, 0.15) is 19.3 Å². The van der Waals surface area contributed by atoms with E-state index in [0.717, 1.165) is 24.3 Å². The van der Waals surface area contributed by atoms with E-state index < -0.39 is 0 Å². The highest BCUT2D eigenvalue weighted by Gasteiger charge is 2.35. The van der Waals surface area contributed by atoms with Gasteiger partial charge in [-0.15, -0.1) is 0 Å². The molecule has 0 spiro atoms. The summed E-state index contributed by atoms with van der Waals surface area (Å²) in [6.45, 7) is 0. The average molecular weight is 252 g/mol. The Kier molecular flexibility index (Phi) is 2.47. The Morgan fingerprint density at radius 3 is 2.26 bits per heavy atom. The molecule has 19 heavy (non-hydrogen) atoms. The van der Waals surface area contributed by atoms with Gasteiger partial charge in [-0.2, -0.15) is 0 Å². The van der Waals surface area contributed by atoms with E-state index in [1.54, 1.807) is 0 Å². The summed E-state index contributed by atoms with van der Waals surface area (Å²) in [5.74, 6) is 1.78. The predicted octanol–water partition coefficient (Wildman–Crippen LogP) is 4.05. The lowest BCUT2D eigenvalue weighted by atomic mass is 10.0. The minimum Gasteiger partial charge on any atom is -0.483 e. The third kappa shape index (κ3) is 1.88. The van der Waals surface area contributed by atoms with Gasteiger partial charge in [-0.25, -0.2) is 0 Å². The fraction of sp³-hybridized carbons (Fsp3) is 0.294.